The third-order valence-corrected chi connectivity index (χ3v) is 3.64. The minimum absolute atomic E-state index is 0.473. The van der Waals surface area contributed by atoms with Crippen LogP contribution in [-0.2, 0) is 4.74 Å². The second-order valence-corrected chi connectivity index (χ2v) is 5.05. The van der Waals surface area contributed by atoms with Gasteiger partial charge in [-0.15, -0.1) is 0 Å². The van der Waals surface area contributed by atoms with E-state index in [4.69, 9.17) is 4.74 Å². The van der Waals surface area contributed by atoms with Gasteiger partial charge in [0.15, 0.2) is 0 Å². The third-order valence-electron chi connectivity index (χ3n) is 3.64. The van der Waals surface area contributed by atoms with Gasteiger partial charge in [0, 0.05) is 31.7 Å². The smallest absolute Gasteiger partial charge is 0.134 e. The number of hydrogen-bond donors (Lipinski definition) is 2. The standard InChI is InChI=1S/C13H21N5O/c1-2-11(9-14-3-1)17-12-8-13(16-10-15-12)18-4-6-19-7-5-18/h8,10-11,14H,1-7,9H2,(H,15,16,17). The maximum Gasteiger partial charge on any atom is 0.134 e. The molecule has 1 aromatic heterocycles. The van der Waals surface area contributed by atoms with Gasteiger partial charge in [-0.05, 0) is 19.4 Å². The Morgan fingerprint density at radius 1 is 1.32 bits per heavy atom. The van der Waals surface area contributed by atoms with Crippen LogP contribution in [0.2, 0.25) is 0 Å². The number of nitrogens with zero attached hydrogens (tertiary/aromatic N) is 3. The molecule has 2 saturated heterocycles. The van der Waals surface area contributed by atoms with Crippen LogP contribution in [0.25, 0.3) is 0 Å². The van der Waals surface area contributed by atoms with Crippen LogP contribution in [0, 0.1) is 0 Å². The lowest BCUT2D eigenvalue weighted by Gasteiger charge is -2.28. The highest BCUT2D eigenvalue weighted by Crippen LogP contribution is 2.17. The van der Waals surface area contributed by atoms with Crippen molar-refractivity contribution in [2.45, 2.75) is 18.9 Å². The van der Waals surface area contributed by atoms with Crippen LogP contribution in [0.15, 0.2) is 12.4 Å². The topological polar surface area (TPSA) is 62.3 Å². The Morgan fingerprint density at radius 2 is 2.21 bits per heavy atom. The highest BCUT2D eigenvalue weighted by molar-refractivity contribution is 5.49. The van der Waals surface area contributed by atoms with Crippen LogP contribution >= 0.6 is 0 Å². The zero-order valence-corrected chi connectivity index (χ0v) is 11.1. The molecule has 0 aliphatic carbocycles. The molecule has 6 nitrogen and oxygen atoms in total. The Kier molecular flexibility index (Phi) is 4.10. The van der Waals surface area contributed by atoms with E-state index in [0.29, 0.717) is 6.04 Å². The minimum Gasteiger partial charge on any atom is -0.378 e. The lowest BCUT2D eigenvalue weighted by Crippen LogP contribution is -2.39. The van der Waals surface area contributed by atoms with Crippen LogP contribution in [0.4, 0.5) is 11.6 Å². The summed E-state index contributed by atoms with van der Waals surface area (Å²) in [6.45, 7) is 5.50. The van der Waals surface area contributed by atoms with Crippen molar-refractivity contribution in [3.8, 4) is 0 Å². The first kappa shape index (κ1) is 12.6. The molecule has 1 unspecified atom stereocenters. The summed E-state index contributed by atoms with van der Waals surface area (Å²) in [5.41, 5.74) is 0. The molecule has 6 heteroatoms. The van der Waals surface area contributed by atoms with Crippen LogP contribution in [-0.4, -0.2) is 55.4 Å². The maximum absolute atomic E-state index is 5.36. The fourth-order valence-corrected chi connectivity index (χ4v) is 2.58. The van der Waals surface area contributed by atoms with Crippen LogP contribution in [0.1, 0.15) is 12.8 Å². The fourth-order valence-electron chi connectivity index (χ4n) is 2.58. The van der Waals surface area contributed by atoms with Crippen LogP contribution < -0.4 is 15.5 Å². The quantitative estimate of drug-likeness (QED) is 0.827. The molecule has 1 aromatic rings. The average molecular weight is 263 g/mol. The summed E-state index contributed by atoms with van der Waals surface area (Å²) in [7, 11) is 0. The summed E-state index contributed by atoms with van der Waals surface area (Å²) < 4.78 is 5.36. The Bertz CT molecular complexity index is 402. The first-order valence-corrected chi connectivity index (χ1v) is 7.04. The van der Waals surface area contributed by atoms with Gasteiger partial charge in [0.05, 0.1) is 13.2 Å². The Labute approximate surface area is 113 Å². The van der Waals surface area contributed by atoms with E-state index in [1.54, 1.807) is 6.33 Å². The fraction of sp³-hybridized carbons (Fsp3) is 0.692. The molecule has 2 N–H and O–H groups in total. The molecule has 2 aliphatic heterocycles. The van der Waals surface area contributed by atoms with Crippen molar-refractivity contribution < 1.29 is 4.74 Å². The lowest BCUT2D eigenvalue weighted by atomic mass is 10.1. The van der Waals surface area contributed by atoms with Crippen molar-refractivity contribution in [2.75, 3.05) is 49.6 Å². The zero-order valence-electron chi connectivity index (χ0n) is 11.1. The summed E-state index contributed by atoms with van der Waals surface area (Å²) >= 11 is 0. The van der Waals surface area contributed by atoms with Crippen LogP contribution in [0.5, 0.6) is 0 Å². The average Bonchev–Trinajstić information content (AvgIpc) is 2.49. The third kappa shape index (κ3) is 3.33. The number of piperidine rings is 1. The largest absolute Gasteiger partial charge is 0.378 e. The van der Waals surface area contributed by atoms with Crippen molar-refractivity contribution in [3.63, 3.8) is 0 Å². The van der Waals surface area contributed by atoms with E-state index in [9.17, 15) is 0 Å². The SMILES string of the molecule is c1nc(NC2CCCNC2)cc(N2CCOCC2)n1. The van der Waals surface area contributed by atoms with E-state index in [1.165, 1.54) is 12.8 Å². The van der Waals surface area contributed by atoms with E-state index in [1.807, 2.05) is 6.07 Å². The van der Waals surface area contributed by atoms with E-state index in [-0.39, 0.29) is 0 Å². The summed E-state index contributed by atoms with van der Waals surface area (Å²) in [4.78, 5) is 10.9. The van der Waals surface area contributed by atoms with Gasteiger partial charge in [-0.1, -0.05) is 0 Å². The summed E-state index contributed by atoms with van der Waals surface area (Å²) in [5.74, 6) is 1.91. The molecule has 2 fully saturated rings. The Balaban J connectivity index is 1.64. The van der Waals surface area contributed by atoms with Gasteiger partial charge in [0.1, 0.15) is 18.0 Å². The number of rotatable bonds is 3. The second kappa shape index (κ2) is 6.16. The zero-order chi connectivity index (χ0) is 12.9. The van der Waals surface area contributed by atoms with Gasteiger partial charge < -0.3 is 20.3 Å². The number of nitrogens with one attached hydrogen (secondary N) is 2. The van der Waals surface area contributed by atoms with Gasteiger partial charge in [0.25, 0.3) is 0 Å². The van der Waals surface area contributed by atoms with Crippen molar-refractivity contribution >= 4 is 11.6 Å². The van der Waals surface area contributed by atoms with Gasteiger partial charge in [-0.2, -0.15) is 0 Å². The molecule has 2 aliphatic rings. The van der Waals surface area contributed by atoms with Crippen molar-refractivity contribution in [2.24, 2.45) is 0 Å². The van der Waals surface area contributed by atoms with E-state index in [0.717, 1.165) is 51.0 Å². The van der Waals surface area contributed by atoms with Crippen molar-refractivity contribution in [3.05, 3.63) is 12.4 Å². The Morgan fingerprint density at radius 3 is 3.00 bits per heavy atom. The summed E-state index contributed by atoms with van der Waals surface area (Å²) in [6.07, 6.45) is 4.06. The highest BCUT2D eigenvalue weighted by atomic mass is 16.5. The number of ether oxygens (including phenoxy) is 1. The molecule has 0 saturated carbocycles. The van der Waals surface area contributed by atoms with E-state index >= 15 is 0 Å². The van der Waals surface area contributed by atoms with Gasteiger partial charge in [-0.25, -0.2) is 9.97 Å². The van der Waals surface area contributed by atoms with Gasteiger partial charge in [0.2, 0.25) is 0 Å². The summed E-state index contributed by atoms with van der Waals surface area (Å²) in [5, 5.41) is 6.89. The number of aromatic nitrogens is 2. The monoisotopic (exact) mass is 263 g/mol. The van der Waals surface area contributed by atoms with Gasteiger partial charge >= 0.3 is 0 Å². The molecule has 0 bridgehead atoms. The predicted molar refractivity (Wildman–Crippen MR) is 74.6 cm³/mol. The normalized spacial score (nSPS) is 24.2. The molecule has 104 valence electrons. The molecule has 19 heavy (non-hydrogen) atoms. The number of morpholine rings is 1. The summed E-state index contributed by atoms with van der Waals surface area (Å²) in [6, 6.07) is 2.51. The van der Waals surface area contributed by atoms with Crippen LogP contribution in [0.3, 0.4) is 0 Å². The number of anilines is 2. The maximum atomic E-state index is 5.36. The molecule has 1 atom stereocenters. The Hall–Kier alpha value is -1.40. The first-order valence-electron chi connectivity index (χ1n) is 7.04. The predicted octanol–water partition coefficient (Wildman–Crippen LogP) is 0.477. The molecule has 0 amide bonds. The molecule has 3 heterocycles. The first-order chi connectivity index (χ1) is 9.42. The minimum atomic E-state index is 0.473. The van der Waals surface area contributed by atoms with E-state index < -0.39 is 0 Å². The van der Waals surface area contributed by atoms with Crippen molar-refractivity contribution in [1.29, 1.82) is 0 Å². The molecular formula is C13H21N5O. The molecule has 0 radical (unpaired) electrons. The van der Waals surface area contributed by atoms with E-state index in [2.05, 4.69) is 25.5 Å². The highest BCUT2D eigenvalue weighted by Gasteiger charge is 2.15. The lowest BCUT2D eigenvalue weighted by molar-refractivity contribution is 0.122. The second-order valence-electron chi connectivity index (χ2n) is 5.05. The molecular weight excluding hydrogens is 242 g/mol. The van der Waals surface area contributed by atoms with Crippen molar-refractivity contribution in [1.82, 2.24) is 15.3 Å². The van der Waals surface area contributed by atoms with Gasteiger partial charge in [-0.3, -0.25) is 0 Å². The molecule has 3 rings (SSSR count). The number of hydrogen-bond acceptors (Lipinski definition) is 6. The molecule has 0 aromatic carbocycles. The molecule has 0 spiro atoms.